The number of benzene rings is 1. The Bertz CT molecular complexity index is 737. The number of aliphatic hydroxyl groups excluding tert-OH is 1. The maximum absolute atomic E-state index is 13.5. The van der Waals surface area contributed by atoms with E-state index in [0.29, 0.717) is 12.5 Å². The van der Waals surface area contributed by atoms with Crippen LogP contribution in [0, 0.1) is 11.7 Å². The van der Waals surface area contributed by atoms with Crippen molar-refractivity contribution in [2.45, 2.75) is 32.1 Å². The molecule has 2 N–H and O–H groups in total. The van der Waals surface area contributed by atoms with Gasteiger partial charge >= 0.3 is 0 Å². The highest BCUT2D eigenvalue weighted by Gasteiger charge is 2.23. The Kier molecular flexibility index (Phi) is 5.71. The van der Waals surface area contributed by atoms with E-state index in [1.807, 2.05) is 12.1 Å². The van der Waals surface area contributed by atoms with Crippen LogP contribution in [0.3, 0.4) is 0 Å². The standard InChI is InChI=1S/C20H27FN4O/c1-20(2,16-6-3-7-17(21)9-16)13-22-18-10-19(24-14-23-18)25-8-4-5-15(11-25)12-26/h3,6-7,9-10,14-15,26H,4-5,8,11-13H2,1-2H3,(H,22,23,24). The van der Waals surface area contributed by atoms with Gasteiger partial charge in [0, 0.05) is 37.7 Å². The number of aliphatic hydroxyl groups is 1. The Morgan fingerprint density at radius 1 is 1.31 bits per heavy atom. The molecule has 1 aliphatic rings. The molecule has 1 aromatic heterocycles. The summed E-state index contributed by atoms with van der Waals surface area (Å²) in [7, 11) is 0. The monoisotopic (exact) mass is 358 g/mol. The number of hydrogen-bond acceptors (Lipinski definition) is 5. The molecule has 6 heteroatoms. The first-order chi connectivity index (χ1) is 12.5. The van der Waals surface area contributed by atoms with E-state index in [1.165, 1.54) is 6.07 Å². The smallest absolute Gasteiger partial charge is 0.134 e. The first-order valence-corrected chi connectivity index (χ1v) is 9.16. The minimum atomic E-state index is -0.236. The third-order valence-electron chi connectivity index (χ3n) is 5.07. The van der Waals surface area contributed by atoms with Crippen LogP contribution in [0.4, 0.5) is 16.0 Å². The molecule has 1 aromatic carbocycles. The van der Waals surface area contributed by atoms with Crippen LogP contribution < -0.4 is 10.2 Å². The Hall–Kier alpha value is -2.21. The zero-order valence-electron chi connectivity index (χ0n) is 15.5. The topological polar surface area (TPSA) is 61.3 Å². The van der Waals surface area contributed by atoms with E-state index in [9.17, 15) is 9.50 Å². The lowest BCUT2D eigenvalue weighted by Crippen LogP contribution is -2.37. The zero-order valence-corrected chi connectivity index (χ0v) is 15.5. The summed E-state index contributed by atoms with van der Waals surface area (Å²) in [5.41, 5.74) is 0.710. The number of rotatable bonds is 6. The summed E-state index contributed by atoms with van der Waals surface area (Å²) in [6.45, 7) is 6.77. The van der Waals surface area contributed by atoms with Crippen molar-refractivity contribution in [1.82, 2.24) is 9.97 Å². The van der Waals surface area contributed by atoms with Crippen LogP contribution in [-0.4, -0.2) is 41.3 Å². The molecule has 3 rings (SSSR count). The van der Waals surface area contributed by atoms with Gasteiger partial charge in [0.2, 0.25) is 0 Å². The largest absolute Gasteiger partial charge is 0.396 e. The maximum atomic E-state index is 13.5. The van der Waals surface area contributed by atoms with Gasteiger partial charge in [0.05, 0.1) is 0 Å². The van der Waals surface area contributed by atoms with Crippen LogP contribution in [0.5, 0.6) is 0 Å². The Morgan fingerprint density at radius 3 is 2.92 bits per heavy atom. The van der Waals surface area contributed by atoms with Gasteiger partial charge < -0.3 is 15.3 Å². The fraction of sp³-hybridized carbons (Fsp3) is 0.500. The molecule has 0 spiro atoms. The van der Waals surface area contributed by atoms with E-state index in [0.717, 1.165) is 43.1 Å². The molecule has 26 heavy (non-hydrogen) atoms. The lowest BCUT2D eigenvalue weighted by atomic mass is 9.84. The van der Waals surface area contributed by atoms with Crippen LogP contribution in [0.15, 0.2) is 36.7 Å². The molecule has 1 aliphatic heterocycles. The predicted molar refractivity (Wildman–Crippen MR) is 102 cm³/mol. The summed E-state index contributed by atoms with van der Waals surface area (Å²) in [4.78, 5) is 10.9. The second kappa shape index (κ2) is 7.99. The molecule has 0 radical (unpaired) electrons. The molecule has 140 valence electrons. The normalized spacial score (nSPS) is 18.0. The highest BCUT2D eigenvalue weighted by molar-refractivity contribution is 5.49. The minimum absolute atomic E-state index is 0.217. The molecule has 2 heterocycles. The van der Waals surface area contributed by atoms with Crippen molar-refractivity contribution in [2.24, 2.45) is 5.92 Å². The maximum Gasteiger partial charge on any atom is 0.134 e. The molecular formula is C20H27FN4O. The first-order valence-electron chi connectivity index (χ1n) is 9.16. The minimum Gasteiger partial charge on any atom is -0.396 e. The molecule has 1 unspecified atom stereocenters. The summed E-state index contributed by atoms with van der Waals surface area (Å²) in [5, 5.41) is 12.8. The number of hydrogen-bond donors (Lipinski definition) is 2. The van der Waals surface area contributed by atoms with Gasteiger partial charge in [0.1, 0.15) is 23.8 Å². The number of anilines is 2. The van der Waals surface area contributed by atoms with Gasteiger partial charge in [-0.3, -0.25) is 0 Å². The fourth-order valence-corrected chi connectivity index (χ4v) is 3.36. The van der Waals surface area contributed by atoms with Crippen LogP contribution in [-0.2, 0) is 5.41 Å². The summed E-state index contributed by atoms with van der Waals surface area (Å²) < 4.78 is 13.5. The lowest BCUT2D eigenvalue weighted by molar-refractivity contribution is 0.208. The van der Waals surface area contributed by atoms with E-state index < -0.39 is 0 Å². The van der Waals surface area contributed by atoms with Crippen molar-refractivity contribution in [3.05, 3.63) is 48.0 Å². The second-order valence-corrected chi connectivity index (χ2v) is 7.65. The van der Waals surface area contributed by atoms with Gasteiger partial charge in [-0.05, 0) is 36.5 Å². The van der Waals surface area contributed by atoms with Gasteiger partial charge in [0.15, 0.2) is 0 Å². The van der Waals surface area contributed by atoms with Crippen molar-refractivity contribution >= 4 is 11.6 Å². The molecule has 0 aliphatic carbocycles. The van der Waals surface area contributed by atoms with Gasteiger partial charge in [-0.25, -0.2) is 14.4 Å². The van der Waals surface area contributed by atoms with E-state index in [1.54, 1.807) is 18.5 Å². The number of aromatic nitrogens is 2. The fourth-order valence-electron chi connectivity index (χ4n) is 3.36. The molecule has 5 nitrogen and oxygen atoms in total. The first kappa shape index (κ1) is 18.6. The number of nitrogens with one attached hydrogen (secondary N) is 1. The quantitative estimate of drug-likeness (QED) is 0.830. The molecule has 1 fully saturated rings. The molecule has 0 saturated carbocycles. The average Bonchev–Trinajstić information content (AvgIpc) is 2.67. The van der Waals surface area contributed by atoms with E-state index in [4.69, 9.17) is 0 Å². The Morgan fingerprint density at radius 2 is 2.15 bits per heavy atom. The lowest BCUT2D eigenvalue weighted by Gasteiger charge is -2.32. The Balaban J connectivity index is 1.67. The van der Waals surface area contributed by atoms with E-state index in [-0.39, 0.29) is 17.8 Å². The average molecular weight is 358 g/mol. The highest BCUT2D eigenvalue weighted by atomic mass is 19.1. The van der Waals surface area contributed by atoms with Gasteiger partial charge in [-0.1, -0.05) is 26.0 Å². The van der Waals surface area contributed by atoms with Crippen LogP contribution in [0.1, 0.15) is 32.3 Å². The molecule has 0 bridgehead atoms. The van der Waals surface area contributed by atoms with Crippen molar-refractivity contribution < 1.29 is 9.50 Å². The van der Waals surface area contributed by atoms with Crippen molar-refractivity contribution in [2.75, 3.05) is 36.5 Å². The van der Waals surface area contributed by atoms with Gasteiger partial charge in [-0.15, -0.1) is 0 Å². The molecule has 1 atom stereocenters. The SMILES string of the molecule is CC(C)(CNc1cc(N2CCCC(CO)C2)ncn1)c1cccc(F)c1. The van der Waals surface area contributed by atoms with Crippen LogP contribution >= 0.6 is 0 Å². The Labute approximate surface area is 154 Å². The third-order valence-corrected chi connectivity index (χ3v) is 5.07. The van der Waals surface area contributed by atoms with E-state index >= 15 is 0 Å². The summed E-state index contributed by atoms with van der Waals surface area (Å²) in [5.74, 6) is 1.72. The van der Waals surface area contributed by atoms with Gasteiger partial charge in [-0.2, -0.15) is 0 Å². The highest BCUT2D eigenvalue weighted by Crippen LogP contribution is 2.26. The molecule has 0 amide bonds. The van der Waals surface area contributed by atoms with Crippen LogP contribution in [0.2, 0.25) is 0 Å². The van der Waals surface area contributed by atoms with E-state index in [2.05, 4.69) is 34.0 Å². The summed E-state index contributed by atoms with van der Waals surface area (Å²) >= 11 is 0. The van der Waals surface area contributed by atoms with Crippen molar-refractivity contribution in [3.8, 4) is 0 Å². The number of piperidine rings is 1. The van der Waals surface area contributed by atoms with Crippen LogP contribution in [0.25, 0.3) is 0 Å². The summed E-state index contributed by atoms with van der Waals surface area (Å²) in [6, 6.07) is 8.67. The number of nitrogens with zero attached hydrogens (tertiary/aromatic N) is 3. The molecular weight excluding hydrogens is 331 g/mol. The summed E-state index contributed by atoms with van der Waals surface area (Å²) in [6.07, 6.45) is 3.69. The van der Waals surface area contributed by atoms with Crippen molar-refractivity contribution in [1.29, 1.82) is 0 Å². The zero-order chi connectivity index (χ0) is 18.6. The van der Waals surface area contributed by atoms with Gasteiger partial charge in [0.25, 0.3) is 0 Å². The predicted octanol–water partition coefficient (Wildman–Crippen LogP) is 3.21. The second-order valence-electron chi connectivity index (χ2n) is 7.65. The third kappa shape index (κ3) is 4.49. The van der Waals surface area contributed by atoms with Crippen molar-refractivity contribution in [3.63, 3.8) is 0 Å². The number of halogens is 1. The molecule has 1 saturated heterocycles. The molecule has 2 aromatic rings.